The van der Waals surface area contributed by atoms with Crippen LogP contribution in [0.15, 0.2) is 42.6 Å². The van der Waals surface area contributed by atoms with Crippen molar-refractivity contribution in [2.75, 3.05) is 25.0 Å². The summed E-state index contributed by atoms with van der Waals surface area (Å²) < 4.78 is 0. The Morgan fingerprint density at radius 2 is 1.96 bits per heavy atom. The standard InChI is InChI=1S/C21H25N5O/c27-20(10-7-13-26-11-5-2-6-12-26)23-21-17-14-18(16-8-3-1-4-9-16)22-15-19(17)24-25-21/h1,3-4,8-9,14-15H,2,5-7,10-13H2,(H2,23,24,25,27). The maximum absolute atomic E-state index is 12.4. The van der Waals surface area contributed by atoms with E-state index in [0.29, 0.717) is 12.2 Å². The fourth-order valence-electron chi connectivity index (χ4n) is 3.62. The second kappa shape index (κ2) is 8.31. The Bertz CT molecular complexity index is 899. The molecule has 1 aliphatic rings. The van der Waals surface area contributed by atoms with Crippen molar-refractivity contribution in [2.24, 2.45) is 0 Å². The molecule has 0 spiro atoms. The lowest BCUT2D eigenvalue weighted by molar-refractivity contribution is -0.116. The zero-order chi connectivity index (χ0) is 18.5. The van der Waals surface area contributed by atoms with Gasteiger partial charge in [-0.15, -0.1) is 0 Å². The van der Waals surface area contributed by atoms with Gasteiger partial charge in [0.1, 0.15) is 0 Å². The Balaban J connectivity index is 1.40. The molecule has 1 aromatic carbocycles. The minimum Gasteiger partial charge on any atom is -0.309 e. The van der Waals surface area contributed by atoms with Gasteiger partial charge in [0, 0.05) is 17.4 Å². The molecule has 27 heavy (non-hydrogen) atoms. The molecule has 1 amide bonds. The molecule has 2 N–H and O–H groups in total. The van der Waals surface area contributed by atoms with Gasteiger partial charge in [-0.3, -0.25) is 14.9 Å². The summed E-state index contributed by atoms with van der Waals surface area (Å²) >= 11 is 0. The predicted molar refractivity (Wildman–Crippen MR) is 107 cm³/mol. The lowest BCUT2D eigenvalue weighted by Gasteiger charge is -2.26. The maximum Gasteiger partial charge on any atom is 0.225 e. The van der Waals surface area contributed by atoms with Crippen LogP contribution in [0, 0.1) is 0 Å². The van der Waals surface area contributed by atoms with E-state index in [2.05, 4.69) is 25.4 Å². The van der Waals surface area contributed by atoms with Crippen molar-refractivity contribution in [3.63, 3.8) is 0 Å². The monoisotopic (exact) mass is 363 g/mol. The number of fused-ring (bicyclic) bond motifs is 1. The summed E-state index contributed by atoms with van der Waals surface area (Å²) in [5.41, 5.74) is 2.72. The highest BCUT2D eigenvalue weighted by Gasteiger charge is 2.13. The van der Waals surface area contributed by atoms with Gasteiger partial charge < -0.3 is 10.2 Å². The lowest BCUT2D eigenvalue weighted by atomic mass is 10.1. The summed E-state index contributed by atoms with van der Waals surface area (Å²) in [7, 11) is 0. The van der Waals surface area contributed by atoms with Crippen molar-refractivity contribution in [2.45, 2.75) is 32.1 Å². The molecule has 0 aliphatic carbocycles. The number of likely N-dealkylation sites (tertiary alicyclic amines) is 1. The van der Waals surface area contributed by atoms with Gasteiger partial charge in [0.25, 0.3) is 0 Å². The highest BCUT2D eigenvalue weighted by molar-refractivity contribution is 6.00. The summed E-state index contributed by atoms with van der Waals surface area (Å²) in [6.45, 7) is 3.33. The van der Waals surface area contributed by atoms with Crippen molar-refractivity contribution >= 4 is 22.6 Å². The van der Waals surface area contributed by atoms with Crippen molar-refractivity contribution in [1.29, 1.82) is 0 Å². The van der Waals surface area contributed by atoms with Gasteiger partial charge in [0.05, 0.1) is 17.4 Å². The molecule has 1 fully saturated rings. The van der Waals surface area contributed by atoms with Gasteiger partial charge in [-0.25, -0.2) is 0 Å². The van der Waals surface area contributed by atoms with Crippen LogP contribution in [-0.2, 0) is 4.79 Å². The molecule has 0 bridgehead atoms. The zero-order valence-corrected chi connectivity index (χ0v) is 15.4. The average molecular weight is 363 g/mol. The molecule has 1 aliphatic heterocycles. The third-order valence-corrected chi connectivity index (χ3v) is 5.10. The largest absolute Gasteiger partial charge is 0.309 e. The maximum atomic E-state index is 12.4. The van der Waals surface area contributed by atoms with E-state index in [1.807, 2.05) is 36.4 Å². The number of pyridine rings is 1. The molecular weight excluding hydrogens is 338 g/mol. The molecule has 6 nitrogen and oxygen atoms in total. The minimum atomic E-state index is 0.0125. The molecule has 0 atom stereocenters. The Kier molecular flexibility index (Phi) is 5.44. The van der Waals surface area contributed by atoms with E-state index < -0.39 is 0 Å². The summed E-state index contributed by atoms with van der Waals surface area (Å²) in [5, 5.41) is 11.0. The Labute approximate surface area is 159 Å². The molecule has 4 rings (SSSR count). The van der Waals surface area contributed by atoms with Gasteiger partial charge in [0.15, 0.2) is 5.82 Å². The minimum absolute atomic E-state index is 0.0125. The number of carbonyl (C=O) groups excluding carboxylic acids is 1. The van der Waals surface area contributed by atoms with E-state index in [-0.39, 0.29) is 5.91 Å². The predicted octanol–water partition coefficient (Wildman–Crippen LogP) is 3.83. The SMILES string of the molecule is O=C(CCCN1CCCCC1)Nc1n[nH]c2cnc(-c3ccccc3)cc12. The number of amides is 1. The van der Waals surface area contributed by atoms with Crippen LogP contribution >= 0.6 is 0 Å². The Hall–Kier alpha value is -2.73. The first-order chi connectivity index (χ1) is 13.3. The van der Waals surface area contributed by atoms with Crippen LogP contribution in [0.3, 0.4) is 0 Å². The van der Waals surface area contributed by atoms with Crippen molar-refractivity contribution in [1.82, 2.24) is 20.1 Å². The fraction of sp³-hybridized carbons (Fsp3) is 0.381. The van der Waals surface area contributed by atoms with Gasteiger partial charge in [-0.05, 0) is 45.0 Å². The summed E-state index contributed by atoms with van der Waals surface area (Å²) in [6, 6.07) is 12.0. The number of nitrogens with zero attached hydrogens (tertiary/aromatic N) is 3. The number of hydrogen-bond acceptors (Lipinski definition) is 4. The molecular formula is C21H25N5O. The molecule has 3 aromatic rings. The lowest BCUT2D eigenvalue weighted by Crippen LogP contribution is -2.31. The topological polar surface area (TPSA) is 73.9 Å². The highest BCUT2D eigenvalue weighted by atomic mass is 16.1. The molecule has 0 unspecified atom stereocenters. The van der Waals surface area contributed by atoms with E-state index >= 15 is 0 Å². The van der Waals surface area contributed by atoms with E-state index in [0.717, 1.165) is 35.1 Å². The zero-order valence-electron chi connectivity index (χ0n) is 15.4. The van der Waals surface area contributed by atoms with Gasteiger partial charge in [-0.2, -0.15) is 5.10 Å². The molecule has 2 aromatic heterocycles. The number of rotatable bonds is 6. The average Bonchev–Trinajstić information content (AvgIpc) is 3.11. The molecule has 140 valence electrons. The molecule has 0 radical (unpaired) electrons. The van der Waals surface area contributed by atoms with Crippen LogP contribution in [0.1, 0.15) is 32.1 Å². The first-order valence-electron chi connectivity index (χ1n) is 9.71. The molecule has 0 saturated carbocycles. The third kappa shape index (κ3) is 4.34. The number of nitrogens with one attached hydrogen (secondary N) is 2. The van der Waals surface area contributed by atoms with Crippen LogP contribution in [0.2, 0.25) is 0 Å². The summed E-state index contributed by atoms with van der Waals surface area (Å²) in [4.78, 5) is 19.3. The summed E-state index contributed by atoms with van der Waals surface area (Å²) in [5.74, 6) is 0.589. The fourth-order valence-corrected chi connectivity index (χ4v) is 3.62. The number of piperidine rings is 1. The van der Waals surface area contributed by atoms with E-state index in [4.69, 9.17) is 0 Å². The number of anilines is 1. The number of benzene rings is 1. The van der Waals surface area contributed by atoms with Gasteiger partial charge in [0.2, 0.25) is 5.91 Å². The number of carbonyl (C=O) groups is 1. The number of aromatic nitrogens is 3. The quantitative estimate of drug-likeness (QED) is 0.698. The normalized spacial score (nSPS) is 15.1. The van der Waals surface area contributed by atoms with E-state index in [1.54, 1.807) is 6.20 Å². The van der Waals surface area contributed by atoms with E-state index in [1.165, 1.54) is 32.4 Å². The number of H-pyrrole nitrogens is 1. The summed E-state index contributed by atoms with van der Waals surface area (Å²) in [6.07, 6.45) is 7.05. The molecule has 1 saturated heterocycles. The van der Waals surface area contributed by atoms with Gasteiger partial charge >= 0.3 is 0 Å². The van der Waals surface area contributed by atoms with Crippen molar-refractivity contribution < 1.29 is 4.79 Å². The van der Waals surface area contributed by atoms with Crippen LogP contribution in [0.5, 0.6) is 0 Å². The van der Waals surface area contributed by atoms with Crippen LogP contribution in [-0.4, -0.2) is 45.6 Å². The van der Waals surface area contributed by atoms with E-state index in [9.17, 15) is 4.79 Å². The Morgan fingerprint density at radius 3 is 2.78 bits per heavy atom. The van der Waals surface area contributed by atoms with Crippen LogP contribution in [0.25, 0.3) is 22.2 Å². The van der Waals surface area contributed by atoms with Crippen molar-refractivity contribution in [3.05, 3.63) is 42.6 Å². The first kappa shape index (κ1) is 17.7. The number of hydrogen-bond donors (Lipinski definition) is 2. The second-order valence-corrected chi connectivity index (χ2v) is 7.11. The third-order valence-electron chi connectivity index (χ3n) is 5.10. The molecule has 3 heterocycles. The smallest absolute Gasteiger partial charge is 0.225 e. The van der Waals surface area contributed by atoms with Gasteiger partial charge in [-0.1, -0.05) is 36.8 Å². The van der Waals surface area contributed by atoms with Crippen LogP contribution < -0.4 is 5.32 Å². The van der Waals surface area contributed by atoms with Crippen molar-refractivity contribution in [3.8, 4) is 11.3 Å². The molecule has 6 heteroatoms. The second-order valence-electron chi connectivity index (χ2n) is 7.11. The highest BCUT2D eigenvalue weighted by Crippen LogP contribution is 2.25. The van der Waals surface area contributed by atoms with Crippen LogP contribution in [0.4, 0.5) is 5.82 Å². The Morgan fingerprint density at radius 1 is 1.15 bits per heavy atom. The first-order valence-corrected chi connectivity index (χ1v) is 9.71. The number of aromatic amines is 1.